The number of fused-ring (bicyclic) bond motifs is 4. The average molecular weight is 876 g/mol. The molecule has 0 spiro atoms. The van der Waals surface area contributed by atoms with Crippen LogP contribution in [0.3, 0.4) is 0 Å². The summed E-state index contributed by atoms with van der Waals surface area (Å²) in [5, 5.41) is 3.67. The zero-order chi connectivity index (χ0) is 35.3. The zero-order valence-corrected chi connectivity index (χ0v) is 34.3. The van der Waals surface area contributed by atoms with Crippen molar-refractivity contribution in [3.8, 4) is 33.6 Å². The molecule has 3 aliphatic carbocycles. The van der Waals surface area contributed by atoms with E-state index in [2.05, 4.69) is 117 Å². The zero-order valence-electron chi connectivity index (χ0n) is 30.9. The fraction of sp³-hybridized carbons (Fsp3) is 0.283. The van der Waals surface area contributed by atoms with Crippen LogP contribution >= 0.6 is 0 Å². The van der Waals surface area contributed by atoms with Gasteiger partial charge in [-0.15, -0.1) is 35.9 Å². The van der Waals surface area contributed by atoms with Crippen LogP contribution in [0.15, 0.2) is 102 Å². The maximum Gasteiger partial charge on any atom is 0.121 e. The van der Waals surface area contributed by atoms with Crippen LogP contribution in [-0.2, 0) is 26.5 Å². The van der Waals surface area contributed by atoms with Crippen LogP contribution in [-0.4, -0.2) is 23.0 Å². The minimum Gasteiger partial charge on any atom is -0.500 e. The number of nitrogens with zero attached hydrogens (tertiary/aromatic N) is 3. The third-order valence-corrected chi connectivity index (χ3v) is 13.1. The molecule has 10 rings (SSSR count). The van der Waals surface area contributed by atoms with Crippen molar-refractivity contribution >= 4 is 35.2 Å². The molecule has 0 N–H and O–H groups in total. The fourth-order valence-electron chi connectivity index (χ4n) is 8.31. The van der Waals surface area contributed by atoms with Gasteiger partial charge in [-0.1, -0.05) is 92.3 Å². The van der Waals surface area contributed by atoms with Crippen LogP contribution in [0, 0.1) is 50.8 Å². The Morgan fingerprint density at radius 1 is 0.827 bits per heavy atom. The number of aromatic nitrogens is 3. The molecule has 2 bridgehead atoms. The summed E-state index contributed by atoms with van der Waals surface area (Å²) in [5.74, 6) is 2.98. The number of hydrogen-bond donors (Lipinski definition) is 0. The van der Waals surface area contributed by atoms with E-state index in [4.69, 9.17) is 9.40 Å². The summed E-state index contributed by atoms with van der Waals surface area (Å²) in [6, 6.07) is 32.6. The van der Waals surface area contributed by atoms with Crippen molar-refractivity contribution in [1.29, 1.82) is 0 Å². The molecule has 3 saturated carbocycles. The summed E-state index contributed by atoms with van der Waals surface area (Å²) < 4.78 is 6.26. The molecule has 6 heteroatoms. The van der Waals surface area contributed by atoms with Gasteiger partial charge in [-0.3, -0.25) is 0 Å². The van der Waals surface area contributed by atoms with Crippen LogP contribution in [0.5, 0.6) is 0 Å². The topological polar surface area (TPSA) is 51.8 Å². The van der Waals surface area contributed by atoms with Crippen molar-refractivity contribution in [3.05, 3.63) is 132 Å². The van der Waals surface area contributed by atoms with Gasteiger partial charge in [-0.25, -0.2) is 0 Å². The number of rotatable bonds is 6. The van der Waals surface area contributed by atoms with E-state index in [1.54, 1.807) is 10.8 Å². The molecular formula is C46H45IrN3OSi-2. The maximum atomic E-state index is 6.26. The first-order valence-electron chi connectivity index (χ1n) is 18.3. The number of benzene rings is 3. The fourth-order valence-corrected chi connectivity index (χ4v) is 9.90. The van der Waals surface area contributed by atoms with Gasteiger partial charge in [0.2, 0.25) is 0 Å². The SMILES string of the molecule is C[Si](C)(C)c1cnc(-c2[c-]cccc2)cc1CC1CC2CC1C2.Cc1ccc2c(c1)oc1c(-c3cc(-c4ccccc4)c(C)cn3)[c-]nc(C)c12.[Ir]. The van der Waals surface area contributed by atoms with E-state index in [1.807, 2.05) is 43.5 Å². The molecule has 1 atom stereocenters. The van der Waals surface area contributed by atoms with E-state index in [1.165, 1.54) is 36.8 Å². The van der Waals surface area contributed by atoms with Crippen molar-refractivity contribution in [3.63, 3.8) is 0 Å². The van der Waals surface area contributed by atoms with Gasteiger partial charge in [-0.2, -0.15) is 0 Å². The summed E-state index contributed by atoms with van der Waals surface area (Å²) in [5.41, 5.74) is 12.6. The molecule has 0 aliphatic heterocycles. The average Bonchev–Trinajstić information content (AvgIpc) is 3.82. The monoisotopic (exact) mass is 876 g/mol. The second kappa shape index (κ2) is 14.7. The van der Waals surface area contributed by atoms with Gasteiger partial charge < -0.3 is 19.4 Å². The molecule has 1 radical (unpaired) electrons. The standard InChI is InChI=1S/C25H19N2O.C21H26NSi.Ir/c1-15-9-10-19-23(11-15)28-25-21(14-26-17(3)24(19)25)22-12-20(16(2)13-27-22)18-7-5-4-6-8-18;1-23(2,3)21-14-22-20(16-7-5-4-6-8-16)13-19(21)12-18-11-15-9-17(18)10-15;/h4-13H,1-3H3;4-7,13-15,17-18H,9-12H2,1-3H3;/q2*-1;. The van der Waals surface area contributed by atoms with Crippen LogP contribution in [0.2, 0.25) is 19.6 Å². The third-order valence-electron chi connectivity index (χ3n) is 11.1. The Hall–Kier alpha value is -4.22. The predicted octanol–water partition coefficient (Wildman–Crippen LogP) is 11.1. The molecule has 52 heavy (non-hydrogen) atoms. The Morgan fingerprint density at radius 2 is 1.60 bits per heavy atom. The van der Waals surface area contributed by atoms with Gasteiger partial charge in [0.25, 0.3) is 0 Å². The molecule has 4 nitrogen and oxygen atoms in total. The number of aryl methyl sites for hydroxylation is 3. The largest absolute Gasteiger partial charge is 0.500 e. The van der Waals surface area contributed by atoms with Crippen LogP contribution in [0.4, 0.5) is 0 Å². The molecule has 4 heterocycles. The first-order chi connectivity index (χ1) is 24.6. The Morgan fingerprint density at radius 3 is 2.31 bits per heavy atom. The smallest absolute Gasteiger partial charge is 0.121 e. The minimum absolute atomic E-state index is 0. The molecule has 265 valence electrons. The normalized spacial score (nSPS) is 17.7. The number of hydrogen-bond acceptors (Lipinski definition) is 4. The van der Waals surface area contributed by atoms with Crippen molar-refractivity contribution in [1.82, 2.24) is 15.0 Å². The van der Waals surface area contributed by atoms with E-state index >= 15 is 0 Å². The predicted molar refractivity (Wildman–Crippen MR) is 213 cm³/mol. The van der Waals surface area contributed by atoms with Crippen molar-refractivity contribution in [2.75, 3.05) is 0 Å². The van der Waals surface area contributed by atoms with E-state index in [9.17, 15) is 0 Å². The Labute approximate surface area is 322 Å². The van der Waals surface area contributed by atoms with Crippen LogP contribution in [0.25, 0.3) is 55.6 Å². The molecule has 0 saturated heterocycles. The van der Waals surface area contributed by atoms with Crippen molar-refractivity contribution < 1.29 is 24.5 Å². The Bertz CT molecular complexity index is 2360. The second-order valence-electron chi connectivity index (χ2n) is 15.8. The maximum absolute atomic E-state index is 6.26. The van der Waals surface area contributed by atoms with Gasteiger partial charge in [-0.05, 0) is 119 Å². The molecule has 4 aromatic heterocycles. The van der Waals surface area contributed by atoms with Crippen molar-refractivity contribution in [2.45, 2.75) is 66.1 Å². The van der Waals surface area contributed by atoms with E-state index in [0.29, 0.717) is 0 Å². The Balaban J connectivity index is 0.000000162. The molecule has 0 amide bonds. The molecule has 3 aromatic carbocycles. The van der Waals surface area contributed by atoms with Crippen LogP contribution in [0.1, 0.15) is 41.6 Å². The molecule has 3 fully saturated rings. The number of furan rings is 1. The summed E-state index contributed by atoms with van der Waals surface area (Å²) in [6.45, 7) is 13.5. The van der Waals surface area contributed by atoms with Gasteiger partial charge >= 0.3 is 0 Å². The van der Waals surface area contributed by atoms with Gasteiger partial charge in [0, 0.05) is 37.9 Å². The second-order valence-corrected chi connectivity index (χ2v) is 20.8. The summed E-state index contributed by atoms with van der Waals surface area (Å²) in [7, 11) is -1.35. The van der Waals surface area contributed by atoms with E-state index in [-0.39, 0.29) is 20.1 Å². The molecular weight excluding hydrogens is 831 g/mol. The van der Waals surface area contributed by atoms with Crippen LogP contribution < -0.4 is 5.19 Å². The summed E-state index contributed by atoms with van der Waals surface area (Å²) in [6.07, 6.45) is 13.0. The summed E-state index contributed by atoms with van der Waals surface area (Å²) >= 11 is 0. The first kappa shape index (κ1) is 36.1. The number of pyridine rings is 3. The molecule has 7 aromatic rings. The van der Waals surface area contributed by atoms with E-state index in [0.717, 1.165) is 79.0 Å². The molecule has 1 unspecified atom stereocenters. The third kappa shape index (κ3) is 7.09. The first-order valence-corrected chi connectivity index (χ1v) is 21.8. The van der Waals surface area contributed by atoms with Gasteiger partial charge in [0.15, 0.2) is 0 Å². The van der Waals surface area contributed by atoms with Crippen molar-refractivity contribution in [2.24, 2.45) is 17.8 Å². The summed E-state index contributed by atoms with van der Waals surface area (Å²) in [4.78, 5) is 14.0. The van der Waals surface area contributed by atoms with Gasteiger partial charge in [0.1, 0.15) is 5.58 Å². The minimum atomic E-state index is -1.35. The quantitative estimate of drug-likeness (QED) is 0.123. The van der Waals surface area contributed by atoms with E-state index < -0.39 is 8.07 Å². The van der Waals surface area contributed by atoms with Gasteiger partial charge in [0.05, 0.1) is 13.7 Å². The molecule has 3 aliphatic rings. The Kier molecular flexibility index (Phi) is 10.2.